The van der Waals surface area contributed by atoms with Crippen LogP contribution in [0.15, 0.2) is 16.9 Å². The van der Waals surface area contributed by atoms with Crippen LogP contribution in [0.2, 0.25) is 0 Å². The molecular formula is C10H14BrN3S. The summed E-state index contributed by atoms with van der Waals surface area (Å²) in [5, 5.41) is 3.30. The second-order valence-electron chi connectivity index (χ2n) is 3.82. The second kappa shape index (κ2) is 4.70. The van der Waals surface area contributed by atoms with Crippen LogP contribution in [0.1, 0.15) is 19.3 Å². The van der Waals surface area contributed by atoms with E-state index in [-0.39, 0.29) is 0 Å². The zero-order chi connectivity index (χ0) is 10.7. The number of aromatic nitrogens is 2. The first-order chi connectivity index (χ1) is 7.24. The average molecular weight is 288 g/mol. The Morgan fingerprint density at radius 1 is 1.47 bits per heavy atom. The average Bonchev–Trinajstić information content (AvgIpc) is 2.20. The van der Waals surface area contributed by atoms with Crippen molar-refractivity contribution in [1.29, 1.82) is 0 Å². The summed E-state index contributed by atoms with van der Waals surface area (Å²) >= 11 is 5.27. The van der Waals surface area contributed by atoms with Crippen LogP contribution in [-0.4, -0.2) is 27.5 Å². The molecular weight excluding hydrogens is 274 g/mol. The maximum absolute atomic E-state index is 4.20. The van der Waals surface area contributed by atoms with Crippen molar-refractivity contribution in [3.63, 3.8) is 0 Å². The molecule has 1 aromatic heterocycles. The number of hydrogen-bond acceptors (Lipinski definition) is 4. The van der Waals surface area contributed by atoms with E-state index in [2.05, 4.69) is 37.5 Å². The van der Waals surface area contributed by atoms with Gasteiger partial charge < -0.3 is 5.32 Å². The third-order valence-electron chi connectivity index (χ3n) is 2.89. The molecule has 1 saturated carbocycles. The van der Waals surface area contributed by atoms with Crippen LogP contribution in [0.4, 0.5) is 5.95 Å². The van der Waals surface area contributed by atoms with E-state index in [1.54, 1.807) is 12.4 Å². The van der Waals surface area contributed by atoms with Gasteiger partial charge in [0.15, 0.2) is 0 Å². The molecule has 0 unspecified atom stereocenters. The first-order valence-electron chi connectivity index (χ1n) is 5.01. The van der Waals surface area contributed by atoms with Gasteiger partial charge in [0.25, 0.3) is 0 Å². The van der Waals surface area contributed by atoms with Gasteiger partial charge in [0.1, 0.15) is 0 Å². The first kappa shape index (κ1) is 11.2. The van der Waals surface area contributed by atoms with Crippen LogP contribution < -0.4 is 5.32 Å². The predicted octanol–water partition coefficient (Wildman–Crippen LogP) is 2.94. The highest BCUT2D eigenvalue weighted by Gasteiger charge is 2.35. The lowest BCUT2D eigenvalue weighted by Gasteiger charge is -2.40. The third-order valence-corrected chi connectivity index (χ3v) is 4.71. The number of halogens is 1. The zero-order valence-corrected chi connectivity index (χ0v) is 11.1. The number of nitrogens with zero attached hydrogens (tertiary/aromatic N) is 2. The SMILES string of the molecule is CSC1(CNc2ncc(Br)cn2)CCC1. The van der Waals surface area contributed by atoms with Gasteiger partial charge >= 0.3 is 0 Å². The van der Waals surface area contributed by atoms with Gasteiger partial charge in [0, 0.05) is 23.7 Å². The van der Waals surface area contributed by atoms with Crippen molar-refractivity contribution in [2.45, 2.75) is 24.0 Å². The largest absolute Gasteiger partial charge is 0.353 e. The van der Waals surface area contributed by atoms with Crippen LogP contribution in [-0.2, 0) is 0 Å². The fourth-order valence-electron chi connectivity index (χ4n) is 1.67. The molecule has 0 aromatic carbocycles. The summed E-state index contributed by atoms with van der Waals surface area (Å²) in [6.45, 7) is 0.968. The van der Waals surface area contributed by atoms with E-state index in [9.17, 15) is 0 Å². The number of rotatable bonds is 4. The molecule has 0 aliphatic heterocycles. The minimum Gasteiger partial charge on any atom is -0.353 e. The highest BCUT2D eigenvalue weighted by atomic mass is 79.9. The Bertz CT molecular complexity index is 318. The zero-order valence-electron chi connectivity index (χ0n) is 8.66. The highest BCUT2D eigenvalue weighted by molar-refractivity contribution is 9.10. The topological polar surface area (TPSA) is 37.8 Å². The number of thioether (sulfide) groups is 1. The summed E-state index contributed by atoms with van der Waals surface area (Å²) in [6.07, 6.45) is 9.67. The summed E-state index contributed by atoms with van der Waals surface area (Å²) in [7, 11) is 0. The van der Waals surface area contributed by atoms with E-state index < -0.39 is 0 Å². The normalized spacial score (nSPS) is 18.3. The van der Waals surface area contributed by atoms with Crippen LogP contribution >= 0.6 is 27.7 Å². The van der Waals surface area contributed by atoms with Crippen molar-refractivity contribution in [3.8, 4) is 0 Å². The molecule has 0 atom stereocenters. The maximum atomic E-state index is 4.20. The number of hydrogen-bond donors (Lipinski definition) is 1. The molecule has 1 aliphatic rings. The minimum absolute atomic E-state index is 0.427. The summed E-state index contributed by atoms with van der Waals surface area (Å²) in [4.78, 5) is 8.39. The third kappa shape index (κ3) is 2.64. The molecule has 0 bridgehead atoms. The van der Waals surface area contributed by atoms with Crippen molar-refractivity contribution in [3.05, 3.63) is 16.9 Å². The Kier molecular flexibility index (Phi) is 3.51. The Hall–Kier alpha value is -0.290. The Labute approximate surface area is 103 Å². The van der Waals surface area contributed by atoms with E-state index in [1.165, 1.54) is 19.3 Å². The number of anilines is 1. The Morgan fingerprint density at radius 2 is 2.13 bits per heavy atom. The minimum atomic E-state index is 0.427. The van der Waals surface area contributed by atoms with E-state index >= 15 is 0 Å². The molecule has 0 amide bonds. The molecule has 0 spiro atoms. The lowest BCUT2D eigenvalue weighted by molar-refractivity contribution is 0.379. The van der Waals surface area contributed by atoms with Gasteiger partial charge in [-0.3, -0.25) is 0 Å². The molecule has 5 heteroatoms. The first-order valence-corrected chi connectivity index (χ1v) is 7.02. The summed E-state index contributed by atoms with van der Waals surface area (Å²) in [5.74, 6) is 0.721. The summed E-state index contributed by atoms with van der Waals surface area (Å²) < 4.78 is 1.34. The molecule has 1 fully saturated rings. The molecule has 1 heterocycles. The summed E-state index contributed by atoms with van der Waals surface area (Å²) in [6, 6.07) is 0. The van der Waals surface area contributed by atoms with Crippen molar-refractivity contribution in [2.75, 3.05) is 18.1 Å². The Balaban J connectivity index is 1.90. The highest BCUT2D eigenvalue weighted by Crippen LogP contribution is 2.42. The standard InChI is InChI=1S/C10H14BrN3S/c1-15-10(3-2-4-10)7-14-9-12-5-8(11)6-13-9/h5-6H,2-4,7H2,1H3,(H,12,13,14). The Morgan fingerprint density at radius 3 is 2.60 bits per heavy atom. The molecule has 2 rings (SSSR count). The van der Waals surface area contributed by atoms with Gasteiger partial charge in [0.05, 0.1) is 4.47 Å². The van der Waals surface area contributed by atoms with Gasteiger partial charge in [-0.1, -0.05) is 6.42 Å². The van der Waals surface area contributed by atoms with E-state index in [1.807, 2.05) is 11.8 Å². The molecule has 1 N–H and O–H groups in total. The molecule has 1 aliphatic carbocycles. The van der Waals surface area contributed by atoms with Crippen molar-refractivity contribution in [1.82, 2.24) is 9.97 Å². The summed E-state index contributed by atoms with van der Waals surface area (Å²) in [5.41, 5.74) is 0. The predicted molar refractivity (Wildman–Crippen MR) is 68.3 cm³/mol. The molecule has 82 valence electrons. The number of nitrogens with one attached hydrogen (secondary N) is 1. The lowest BCUT2D eigenvalue weighted by atomic mass is 9.84. The van der Waals surface area contributed by atoms with E-state index in [4.69, 9.17) is 0 Å². The fourth-order valence-corrected chi connectivity index (χ4v) is 2.79. The van der Waals surface area contributed by atoms with Gasteiger partial charge in [-0.05, 0) is 35.0 Å². The van der Waals surface area contributed by atoms with Gasteiger partial charge in [0.2, 0.25) is 5.95 Å². The quantitative estimate of drug-likeness (QED) is 0.924. The molecule has 1 aromatic rings. The monoisotopic (exact) mass is 287 g/mol. The second-order valence-corrected chi connectivity index (χ2v) is 6.01. The van der Waals surface area contributed by atoms with Gasteiger partial charge in [-0.15, -0.1) is 0 Å². The van der Waals surface area contributed by atoms with E-state index in [0.717, 1.165) is 17.0 Å². The fraction of sp³-hybridized carbons (Fsp3) is 0.600. The molecule has 0 saturated heterocycles. The van der Waals surface area contributed by atoms with Crippen molar-refractivity contribution < 1.29 is 0 Å². The van der Waals surface area contributed by atoms with Gasteiger partial charge in [-0.2, -0.15) is 11.8 Å². The van der Waals surface area contributed by atoms with Crippen molar-refractivity contribution >= 4 is 33.6 Å². The maximum Gasteiger partial charge on any atom is 0.222 e. The molecule has 0 radical (unpaired) electrons. The van der Waals surface area contributed by atoms with Crippen LogP contribution in [0.25, 0.3) is 0 Å². The van der Waals surface area contributed by atoms with E-state index in [0.29, 0.717) is 4.75 Å². The van der Waals surface area contributed by atoms with Crippen molar-refractivity contribution in [2.24, 2.45) is 0 Å². The van der Waals surface area contributed by atoms with Crippen LogP contribution in [0.5, 0.6) is 0 Å². The smallest absolute Gasteiger partial charge is 0.222 e. The molecule has 3 nitrogen and oxygen atoms in total. The lowest BCUT2D eigenvalue weighted by Crippen LogP contribution is -2.40. The molecule has 15 heavy (non-hydrogen) atoms. The van der Waals surface area contributed by atoms with Crippen LogP contribution in [0, 0.1) is 0 Å². The van der Waals surface area contributed by atoms with Crippen LogP contribution in [0.3, 0.4) is 0 Å². The van der Waals surface area contributed by atoms with Gasteiger partial charge in [-0.25, -0.2) is 9.97 Å².